The lowest BCUT2D eigenvalue weighted by Crippen LogP contribution is -2.05. The van der Waals surface area contributed by atoms with Gasteiger partial charge in [-0.05, 0) is 23.6 Å². The van der Waals surface area contributed by atoms with Gasteiger partial charge < -0.3 is 15.0 Å². The maximum absolute atomic E-state index is 6.19. The summed E-state index contributed by atoms with van der Waals surface area (Å²) in [6, 6.07) is 3.92. The fourth-order valence-corrected chi connectivity index (χ4v) is 2.87. The van der Waals surface area contributed by atoms with Crippen molar-refractivity contribution in [2.45, 2.75) is 26.3 Å². The molecule has 0 fully saturated rings. The third-order valence-electron chi connectivity index (χ3n) is 3.38. The van der Waals surface area contributed by atoms with Crippen molar-refractivity contribution in [1.29, 1.82) is 0 Å². The topological polar surface area (TPSA) is 40.2 Å². The predicted octanol–water partition coefficient (Wildman–Crippen LogP) is 3.42. The number of methoxy groups -OCH3 is 1. The fraction of sp³-hybridized carbons (Fsp3) is 0.429. The van der Waals surface area contributed by atoms with Crippen LogP contribution in [-0.4, -0.2) is 11.7 Å². The van der Waals surface area contributed by atoms with Gasteiger partial charge in [0.25, 0.3) is 0 Å². The van der Waals surface area contributed by atoms with Gasteiger partial charge in [0.05, 0.1) is 17.6 Å². The highest BCUT2D eigenvalue weighted by atomic mass is 35.5. The molecule has 0 aliphatic rings. The summed E-state index contributed by atoms with van der Waals surface area (Å²) in [5.74, 6) is 1.12. The first-order valence-corrected chi connectivity index (χ1v) is 6.43. The number of ether oxygens (including phenoxy) is 1. The first kappa shape index (κ1) is 13.2. The Bertz CT molecular complexity index is 587. The van der Waals surface area contributed by atoms with Gasteiger partial charge >= 0.3 is 0 Å². The number of rotatable bonds is 3. The van der Waals surface area contributed by atoms with Crippen LogP contribution in [0.5, 0.6) is 5.75 Å². The number of hydrogen-bond acceptors (Lipinski definition) is 2. The van der Waals surface area contributed by atoms with Crippen LogP contribution >= 0.6 is 11.6 Å². The molecule has 1 aromatic heterocycles. The Morgan fingerprint density at radius 1 is 1.39 bits per heavy atom. The molecule has 1 aromatic carbocycles. The Balaban J connectivity index is 2.85. The van der Waals surface area contributed by atoms with Crippen LogP contribution in [0.3, 0.4) is 0 Å². The summed E-state index contributed by atoms with van der Waals surface area (Å²) < 4.78 is 7.45. The van der Waals surface area contributed by atoms with Gasteiger partial charge in [-0.3, -0.25) is 0 Å². The van der Waals surface area contributed by atoms with Crippen molar-refractivity contribution in [3.05, 3.63) is 28.4 Å². The Hall–Kier alpha value is -1.19. The molecule has 0 amide bonds. The van der Waals surface area contributed by atoms with Crippen molar-refractivity contribution in [2.24, 2.45) is 12.8 Å². The average Bonchev–Trinajstić information content (AvgIpc) is 2.60. The smallest absolute Gasteiger partial charge is 0.138 e. The third-order valence-corrected chi connectivity index (χ3v) is 3.67. The van der Waals surface area contributed by atoms with Crippen molar-refractivity contribution in [1.82, 2.24) is 4.57 Å². The molecule has 0 bridgehead atoms. The summed E-state index contributed by atoms with van der Waals surface area (Å²) in [7, 11) is 3.68. The van der Waals surface area contributed by atoms with Crippen molar-refractivity contribution in [3.63, 3.8) is 0 Å². The number of nitrogens with two attached hydrogens (primary N) is 1. The lowest BCUT2D eigenvalue weighted by Gasteiger charge is -2.10. The van der Waals surface area contributed by atoms with Crippen molar-refractivity contribution in [2.75, 3.05) is 7.11 Å². The quantitative estimate of drug-likeness (QED) is 0.925. The molecule has 2 N–H and O–H groups in total. The maximum Gasteiger partial charge on any atom is 0.138 e. The van der Waals surface area contributed by atoms with E-state index in [0.717, 1.165) is 10.9 Å². The Morgan fingerprint density at radius 2 is 2.06 bits per heavy atom. The standard InChI is InChI=1S/C14H19ClN2O/c1-8(2)14-10(7-16)9-5-13(18-4)11(15)6-12(9)17(14)3/h5-6,8H,7,16H2,1-4H3. The van der Waals surface area contributed by atoms with Crippen molar-refractivity contribution in [3.8, 4) is 5.75 Å². The predicted molar refractivity (Wildman–Crippen MR) is 76.5 cm³/mol. The highest BCUT2D eigenvalue weighted by Gasteiger charge is 2.18. The monoisotopic (exact) mass is 266 g/mol. The van der Waals surface area contributed by atoms with Gasteiger partial charge in [0.15, 0.2) is 0 Å². The van der Waals surface area contributed by atoms with Crippen molar-refractivity contribution < 1.29 is 4.74 Å². The molecule has 18 heavy (non-hydrogen) atoms. The van der Waals surface area contributed by atoms with Crippen LogP contribution in [-0.2, 0) is 13.6 Å². The van der Waals surface area contributed by atoms with Crippen LogP contribution < -0.4 is 10.5 Å². The van der Waals surface area contributed by atoms with E-state index >= 15 is 0 Å². The molecule has 4 heteroatoms. The number of fused-ring (bicyclic) bond motifs is 1. The van der Waals surface area contributed by atoms with E-state index in [1.807, 2.05) is 12.1 Å². The maximum atomic E-state index is 6.19. The van der Waals surface area contributed by atoms with E-state index in [0.29, 0.717) is 23.2 Å². The van der Waals surface area contributed by atoms with E-state index in [1.54, 1.807) is 7.11 Å². The highest BCUT2D eigenvalue weighted by Crippen LogP contribution is 2.36. The normalized spacial score (nSPS) is 11.5. The zero-order chi connectivity index (χ0) is 13.4. The number of benzene rings is 1. The molecule has 0 spiro atoms. The van der Waals surface area contributed by atoms with Crippen LogP contribution in [0.4, 0.5) is 0 Å². The minimum atomic E-state index is 0.422. The molecule has 0 unspecified atom stereocenters. The molecule has 2 aromatic rings. The summed E-state index contributed by atoms with van der Waals surface area (Å²) in [6.07, 6.45) is 0. The van der Waals surface area contributed by atoms with Gasteiger partial charge in [-0.2, -0.15) is 0 Å². The second-order valence-electron chi connectivity index (χ2n) is 4.79. The summed E-state index contributed by atoms with van der Waals surface area (Å²) in [6.45, 7) is 4.87. The second-order valence-corrected chi connectivity index (χ2v) is 5.19. The first-order chi connectivity index (χ1) is 8.51. The van der Waals surface area contributed by atoms with E-state index in [-0.39, 0.29) is 0 Å². The number of aryl methyl sites for hydroxylation is 1. The molecular weight excluding hydrogens is 248 g/mol. The molecule has 1 heterocycles. The van der Waals surface area contributed by atoms with E-state index in [1.165, 1.54) is 11.3 Å². The third kappa shape index (κ3) is 1.88. The Labute approximate surface area is 112 Å². The van der Waals surface area contributed by atoms with Crippen LogP contribution in [0.25, 0.3) is 10.9 Å². The molecule has 2 rings (SSSR count). The van der Waals surface area contributed by atoms with Crippen LogP contribution in [0.1, 0.15) is 31.0 Å². The molecule has 3 nitrogen and oxygen atoms in total. The second kappa shape index (κ2) is 4.82. The number of nitrogens with zero attached hydrogens (tertiary/aromatic N) is 1. The van der Waals surface area contributed by atoms with Crippen LogP contribution in [0.15, 0.2) is 12.1 Å². The largest absolute Gasteiger partial charge is 0.495 e. The molecule has 0 aliphatic heterocycles. The van der Waals surface area contributed by atoms with Crippen molar-refractivity contribution >= 4 is 22.5 Å². The summed E-state index contributed by atoms with van der Waals surface area (Å²) in [5, 5.41) is 1.76. The number of halogens is 1. The summed E-state index contributed by atoms with van der Waals surface area (Å²) in [4.78, 5) is 0. The number of aromatic nitrogens is 1. The molecular formula is C14H19ClN2O. The molecule has 0 aliphatic carbocycles. The zero-order valence-corrected chi connectivity index (χ0v) is 12.0. The lowest BCUT2D eigenvalue weighted by molar-refractivity contribution is 0.415. The molecule has 98 valence electrons. The Kier molecular flexibility index (Phi) is 3.55. The average molecular weight is 267 g/mol. The van der Waals surface area contributed by atoms with Gasteiger partial charge in [-0.1, -0.05) is 25.4 Å². The number of hydrogen-bond donors (Lipinski definition) is 1. The first-order valence-electron chi connectivity index (χ1n) is 6.06. The van der Waals surface area contributed by atoms with Crippen LogP contribution in [0.2, 0.25) is 5.02 Å². The van der Waals surface area contributed by atoms with E-state index in [9.17, 15) is 0 Å². The molecule has 0 saturated carbocycles. The SMILES string of the molecule is COc1cc2c(CN)c(C(C)C)n(C)c2cc1Cl. The molecule has 0 atom stereocenters. The minimum absolute atomic E-state index is 0.422. The molecule has 0 saturated heterocycles. The minimum Gasteiger partial charge on any atom is -0.495 e. The summed E-state index contributed by atoms with van der Waals surface area (Å²) in [5.41, 5.74) is 9.45. The van der Waals surface area contributed by atoms with E-state index in [4.69, 9.17) is 22.1 Å². The van der Waals surface area contributed by atoms with Crippen LogP contribution in [0, 0.1) is 0 Å². The van der Waals surface area contributed by atoms with Gasteiger partial charge in [0, 0.05) is 24.7 Å². The lowest BCUT2D eigenvalue weighted by atomic mass is 10.0. The Morgan fingerprint density at radius 3 is 2.56 bits per heavy atom. The molecule has 0 radical (unpaired) electrons. The van der Waals surface area contributed by atoms with E-state index < -0.39 is 0 Å². The summed E-state index contributed by atoms with van der Waals surface area (Å²) >= 11 is 6.19. The van der Waals surface area contributed by atoms with Gasteiger partial charge in [-0.15, -0.1) is 0 Å². The van der Waals surface area contributed by atoms with Gasteiger partial charge in [0.1, 0.15) is 5.75 Å². The zero-order valence-electron chi connectivity index (χ0n) is 11.2. The fourth-order valence-electron chi connectivity index (χ4n) is 2.64. The van der Waals surface area contributed by atoms with E-state index in [2.05, 4.69) is 25.5 Å². The highest BCUT2D eigenvalue weighted by molar-refractivity contribution is 6.32. The van der Waals surface area contributed by atoms with Gasteiger partial charge in [-0.25, -0.2) is 0 Å². The van der Waals surface area contributed by atoms with Gasteiger partial charge in [0.2, 0.25) is 0 Å².